The summed E-state index contributed by atoms with van der Waals surface area (Å²) in [6.45, 7) is 2.24. The minimum absolute atomic E-state index is 0. The lowest BCUT2D eigenvalue weighted by Crippen LogP contribution is -1.72. The Balaban J connectivity index is -0.000000180. The SMILES string of the molecule is CCCCC[CH2][Al].[HH].[HH]. The van der Waals surface area contributed by atoms with Crippen molar-refractivity contribution < 1.29 is 2.85 Å². The molecule has 0 aromatic carbocycles. The predicted octanol–water partition coefficient (Wildman–Crippen LogP) is 2.65. The monoisotopic (exact) mass is 116 g/mol. The summed E-state index contributed by atoms with van der Waals surface area (Å²) in [5.74, 6) is 0. The van der Waals surface area contributed by atoms with Crippen molar-refractivity contribution in [1.82, 2.24) is 0 Å². The van der Waals surface area contributed by atoms with E-state index in [0.29, 0.717) is 0 Å². The second-order valence-electron chi connectivity index (χ2n) is 1.85. The second kappa shape index (κ2) is 6.53. The van der Waals surface area contributed by atoms with Crippen LogP contribution >= 0.6 is 0 Å². The molecule has 0 saturated carbocycles. The van der Waals surface area contributed by atoms with Gasteiger partial charge in [0.15, 0.2) is 0 Å². The molecule has 0 fully saturated rings. The fraction of sp³-hybridized carbons (Fsp3) is 1.00. The molecule has 0 heterocycles. The lowest BCUT2D eigenvalue weighted by atomic mass is 10.2. The normalized spacial score (nSPS) is 9.29. The van der Waals surface area contributed by atoms with Crippen molar-refractivity contribution in [3.05, 3.63) is 0 Å². The molecule has 44 valence electrons. The van der Waals surface area contributed by atoms with Gasteiger partial charge in [-0.05, 0) is 0 Å². The molecule has 0 bridgehead atoms. The van der Waals surface area contributed by atoms with Crippen LogP contribution in [-0.4, -0.2) is 16.3 Å². The first-order chi connectivity index (χ1) is 3.41. The summed E-state index contributed by atoms with van der Waals surface area (Å²) in [5.41, 5.74) is 0. The Hall–Kier alpha value is 0.532. The molecular formula is C6H17Al. The van der Waals surface area contributed by atoms with Crippen molar-refractivity contribution in [3.8, 4) is 0 Å². The minimum Gasteiger partial charge on any atom is -0.118 e. The van der Waals surface area contributed by atoms with Crippen LogP contribution in [-0.2, 0) is 0 Å². The summed E-state index contributed by atoms with van der Waals surface area (Å²) in [6.07, 6.45) is 5.57. The molecule has 0 N–H and O–H groups in total. The Morgan fingerprint density at radius 2 is 2.00 bits per heavy atom. The molecule has 0 saturated heterocycles. The highest BCUT2D eigenvalue weighted by Crippen LogP contribution is 1.99. The van der Waals surface area contributed by atoms with Crippen LogP contribution < -0.4 is 0 Å². The maximum atomic E-state index is 2.75. The van der Waals surface area contributed by atoms with Crippen LogP contribution in [0.1, 0.15) is 35.5 Å². The molecule has 0 nitrogen and oxygen atoms in total. The van der Waals surface area contributed by atoms with Gasteiger partial charge in [-0.15, -0.1) is 5.28 Å². The molecule has 0 atom stereocenters. The molecule has 2 radical (unpaired) electrons. The smallest absolute Gasteiger partial charge is 0.118 e. The van der Waals surface area contributed by atoms with E-state index in [9.17, 15) is 0 Å². The highest BCUT2D eigenvalue weighted by Gasteiger charge is 1.79. The highest BCUT2D eigenvalue weighted by atomic mass is 27.0. The largest absolute Gasteiger partial charge is 0.118 e. The van der Waals surface area contributed by atoms with Crippen LogP contribution in [0.25, 0.3) is 0 Å². The van der Waals surface area contributed by atoms with E-state index in [4.69, 9.17) is 0 Å². The van der Waals surface area contributed by atoms with Gasteiger partial charge in [0.2, 0.25) is 0 Å². The Morgan fingerprint density at radius 1 is 1.29 bits per heavy atom. The van der Waals surface area contributed by atoms with Crippen LogP contribution in [0, 0.1) is 0 Å². The summed E-state index contributed by atoms with van der Waals surface area (Å²) >= 11 is 2.75. The quantitative estimate of drug-likeness (QED) is 0.391. The van der Waals surface area contributed by atoms with E-state index < -0.39 is 0 Å². The molecule has 0 aliphatic carbocycles. The van der Waals surface area contributed by atoms with Crippen molar-refractivity contribution in [1.29, 1.82) is 0 Å². The average molecular weight is 116 g/mol. The second-order valence-corrected chi connectivity index (χ2v) is 2.43. The molecule has 7 heavy (non-hydrogen) atoms. The molecule has 0 aliphatic heterocycles. The van der Waals surface area contributed by atoms with Gasteiger partial charge >= 0.3 is 0 Å². The van der Waals surface area contributed by atoms with Crippen molar-refractivity contribution in [2.75, 3.05) is 0 Å². The van der Waals surface area contributed by atoms with Crippen molar-refractivity contribution >= 4 is 16.3 Å². The fourth-order valence-electron chi connectivity index (χ4n) is 0.571. The van der Waals surface area contributed by atoms with Crippen molar-refractivity contribution in [3.63, 3.8) is 0 Å². The molecular weight excluding hydrogens is 99.0 g/mol. The third-order valence-corrected chi connectivity index (χ3v) is 1.47. The van der Waals surface area contributed by atoms with Crippen LogP contribution in [0.5, 0.6) is 0 Å². The average Bonchev–Trinajstić information content (AvgIpc) is 1.69. The number of rotatable bonds is 4. The molecule has 0 rings (SSSR count). The van der Waals surface area contributed by atoms with Gasteiger partial charge in [-0.3, -0.25) is 0 Å². The summed E-state index contributed by atoms with van der Waals surface area (Å²) in [7, 11) is 0. The summed E-state index contributed by atoms with van der Waals surface area (Å²) < 4.78 is 0. The third kappa shape index (κ3) is 6.53. The highest BCUT2D eigenvalue weighted by molar-refractivity contribution is 6.08. The summed E-state index contributed by atoms with van der Waals surface area (Å²) in [4.78, 5) is 0. The molecule has 0 amide bonds. The Bertz CT molecular complexity index is 30.2. The first kappa shape index (κ1) is 7.53. The Kier molecular flexibility index (Phi) is 7.03. The lowest BCUT2D eigenvalue weighted by molar-refractivity contribution is 0.701. The van der Waals surface area contributed by atoms with E-state index in [1.165, 1.54) is 31.0 Å². The zero-order valence-corrected chi connectivity index (χ0v) is 6.27. The first-order valence-electron chi connectivity index (χ1n) is 3.12. The number of hydrogen-bond acceptors (Lipinski definition) is 0. The molecule has 0 aliphatic rings. The van der Waals surface area contributed by atoms with Gasteiger partial charge in [0, 0.05) is 2.85 Å². The van der Waals surface area contributed by atoms with Crippen LogP contribution in [0.15, 0.2) is 0 Å². The molecule has 0 spiro atoms. The molecule has 0 aromatic rings. The van der Waals surface area contributed by atoms with Gasteiger partial charge in [-0.2, -0.15) is 0 Å². The van der Waals surface area contributed by atoms with Crippen molar-refractivity contribution in [2.24, 2.45) is 0 Å². The molecule has 1 heteroatoms. The maximum Gasteiger partial charge on any atom is 0.118 e. The minimum atomic E-state index is 0. The van der Waals surface area contributed by atoms with Crippen LogP contribution in [0.2, 0.25) is 5.28 Å². The Morgan fingerprint density at radius 3 is 2.43 bits per heavy atom. The maximum absolute atomic E-state index is 2.75. The van der Waals surface area contributed by atoms with Gasteiger partial charge in [0.1, 0.15) is 16.3 Å². The van der Waals surface area contributed by atoms with Gasteiger partial charge in [0.25, 0.3) is 0 Å². The van der Waals surface area contributed by atoms with Gasteiger partial charge in [0.05, 0.1) is 0 Å². The van der Waals surface area contributed by atoms with Crippen LogP contribution in [0.3, 0.4) is 0 Å². The van der Waals surface area contributed by atoms with E-state index in [0.717, 1.165) is 0 Å². The number of hydrogen-bond donors (Lipinski definition) is 0. The Labute approximate surface area is 57.7 Å². The van der Waals surface area contributed by atoms with E-state index in [2.05, 4.69) is 23.2 Å². The lowest BCUT2D eigenvalue weighted by Gasteiger charge is -1.91. The fourth-order valence-corrected chi connectivity index (χ4v) is 0.860. The van der Waals surface area contributed by atoms with E-state index in [1.807, 2.05) is 0 Å². The van der Waals surface area contributed by atoms with E-state index >= 15 is 0 Å². The first-order valence-corrected chi connectivity index (χ1v) is 3.93. The molecule has 0 aromatic heterocycles. The zero-order valence-electron chi connectivity index (χ0n) is 5.11. The van der Waals surface area contributed by atoms with Crippen molar-refractivity contribution in [2.45, 2.75) is 37.9 Å². The number of unbranched alkanes of at least 4 members (excludes halogenated alkanes) is 3. The predicted molar refractivity (Wildman–Crippen MR) is 38.9 cm³/mol. The third-order valence-electron chi connectivity index (χ3n) is 1.06. The van der Waals surface area contributed by atoms with Gasteiger partial charge in [-0.25, -0.2) is 0 Å². The standard InChI is InChI=1S/C6H13.Al.2H2/c1-3-5-6-4-2;;;/h1,3-6H2,2H3;;2*1H. The zero-order chi connectivity index (χ0) is 5.54. The summed E-state index contributed by atoms with van der Waals surface area (Å²) in [6, 6.07) is 0. The van der Waals surface area contributed by atoms with Crippen LogP contribution in [0.4, 0.5) is 0 Å². The topological polar surface area (TPSA) is 0 Å². The van der Waals surface area contributed by atoms with E-state index in [1.54, 1.807) is 0 Å². The van der Waals surface area contributed by atoms with E-state index in [-0.39, 0.29) is 2.85 Å². The molecule has 0 unspecified atom stereocenters. The van der Waals surface area contributed by atoms with Gasteiger partial charge < -0.3 is 0 Å². The summed E-state index contributed by atoms with van der Waals surface area (Å²) in [5, 5.41) is 1.28. The van der Waals surface area contributed by atoms with Gasteiger partial charge in [-0.1, -0.05) is 32.6 Å².